The predicted molar refractivity (Wildman–Crippen MR) is 66.9 cm³/mol. The van der Waals surface area contributed by atoms with E-state index >= 15 is 0 Å². The third-order valence-corrected chi connectivity index (χ3v) is 3.39. The number of carbonyl (C=O) groups excluding carboxylic acids is 1. The lowest BCUT2D eigenvalue weighted by Gasteiger charge is -2.00. The fourth-order valence-electron chi connectivity index (χ4n) is 1.51. The molecular weight excluding hydrogens is 270 g/mol. The van der Waals surface area contributed by atoms with Crippen LogP contribution in [0.5, 0.6) is 0 Å². The number of esters is 1. The van der Waals surface area contributed by atoms with Gasteiger partial charge in [-0.2, -0.15) is 0 Å². The van der Waals surface area contributed by atoms with Crippen LogP contribution in [-0.4, -0.2) is 21.5 Å². The maximum atomic E-state index is 11.2. The molecule has 0 saturated heterocycles. The second-order valence-electron chi connectivity index (χ2n) is 3.72. The summed E-state index contributed by atoms with van der Waals surface area (Å²) in [7, 11) is -2.46. The molecular formula is C12H11NO5S. The fraction of sp³-hybridized carbons (Fsp3) is 0.0833. The van der Waals surface area contributed by atoms with Gasteiger partial charge in [-0.05, 0) is 36.4 Å². The molecule has 1 aromatic carbocycles. The SMILES string of the molecule is COC(=O)c1ccc(-c2ccc(S(N)(=O)=O)cc2)o1. The van der Waals surface area contributed by atoms with E-state index in [4.69, 9.17) is 9.56 Å². The number of ether oxygens (including phenoxy) is 1. The van der Waals surface area contributed by atoms with Crippen LogP contribution in [0.15, 0.2) is 45.7 Å². The molecule has 2 aromatic rings. The third-order valence-electron chi connectivity index (χ3n) is 2.46. The zero-order valence-electron chi connectivity index (χ0n) is 9.99. The summed E-state index contributed by atoms with van der Waals surface area (Å²) in [4.78, 5) is 11.2. The van der Waals surface area contributed by atoms with Crippen LogP contribution in [0.2, 0.25) is 0 Å². The van der Waals surface area contributed by atoms with Crippen LogP contribution < -0.4 is 5.14 Å². The second kappa shape index (κ2) is 4.87. The minimum absolute atomic E-state index is 0.0102. The van der Waals surface area contributed by atoms with E-state index in [1.54, 1.807) is 18.2 Å². The van der Waals surface area contributed by atoms with Crippen molar-refractivity contribution in [3.63, 3.8) is 0 Å². The maximum Gasteiger partial charge on any atom is 0.373 e. The number of sulfonamides is 1. The molecule has 0 aliphatic rings. The number of nitrogens with two attached hydrogens (primary N) is 1. The molecule has 1 heterocycles. The predicted octanol–water partition coefficient (Wildman–Crippen LogP) is 1.38. The molecule has 0 saturated carbocycles. The standard InChI is InChI=1S/C12H11NO5S/c1-17-12(14)11-7-6-10(18-11)8-2-4-9(5-3-8)19(13,15)16/h2-7H,1H3,(H2,13,15,16). The summed E-state index contributed by atoms with van der Waals surface area (Å²) in [6.45, 7) is 0. The highest BCUT2D eigenvalue weighted by Gasteiger charge is 2.13. The van der Waals surface area contributed by atoms with Crippen molar-refractivity contribution in [2.24, 2.45) is 5.14 Å². The molecule has 2 N–H and O–H groups in total. The minimum atomic E-state index is -3.72. The van der Waals surface area contributed by atoms with Crippen molar-refractivity contribution in [1.82, 2.24) is 0 Å². The van der Waals surface area contributed by atoms with E-state index in [0.29, 0.717) is 11.3 Å². The van der Waals surface area contributed by atoms with Gasteiger partial charge in [0, 0.05) is 5.56 Å². The number of methoxy groups -OCH3 is 1. The smallest absolute Gasteiger partial charge is 0.373 e. The van der Waals surface area contributed by atoms with E-state index in [2.05, 4.69) is 4.74 Å². The van der Waals surface area contributed by atoms with Crippen LogP contribution in [0.25, 0.3) is 11.3 Å². The topological polar surface area (TPSA) is 99.6 Å². The Morgan fingerprint density at radius 1 is 1.16 bits per heavy atom. The fourth-order valence-corrected chi connectivity index (χ4v) is 2.03. The Hall–Kier alpha value is -2.12. The summed E-state index contributed by atoms with van der Waals surface area (Å²) in [5.41, 5.74) is 0.627. The molecule has 0 amide bonds. The highest BCUT2D eigenvalue weighted by atomic mass is 32.2. The molecule has 2 rings (SSSR count). The molecule has 100 valence electrons. The number of furan rings is 1. The quantitative estimate of drug-likeness (QED) is 0.857. The van der Waals surface area contributed by atoms with Crippen LogP contribution >= 0.6 is 0 Å². The summed E-state index contributed by atoms with van der Waals surface area (Å²) in [5, 5.41) is 4.99. The van der Waals surface area contributed by atoms with Gasteiger partial charge in [-0.1, -0.05) is 0 Å². The van der Waals surface area contributed by atoms with E-state index in [-0.39, 0.29) is 10.7 Å². The van der Waals surface area contributed by atoms with Gasteiger partial charge >= 0.3 is 5.97 Å². The molecule has 0 radical (unpaired) electrons. The van der Waals surface area contributed by atoms with E-state index in [0.717, 1.165) is 0 Å². The Morgan fingerprint density at radius 2 is 1.79 bits per heavy atom. The van der Waals surface area contributed by atoms with Crippen LogP contribution in [-0.2, 0) is 14.8 Å². The average molecular weight is 281 g/mol. The van der Waals surface area contributed by atoms with Crippen molar-refractivity contribution >= 4 is 16.0 Å². The Balaban J connectivity index is 2.33. The minimum Gasteiger partial charge on any atom is -0.463 e. The van der Waals surface area contributed by atoms with E-state index in [9.17, 15) is 13.2 Å². The molecule has 0 fully saturated rings. The van der Waals surface area contributed by atoms with Crippen molar-refractivity contribution in [3.8, 4) is 11.3 Å². The van der Waals surface area contributed by atoms with Gasteiger partial charge in [-0.15, -0.1) is 0 Å². The first-order chi connectivity index (χ1) is 8.91. The Morgan fingerprint density at radius 3 is 2.32 bits per heavy atom. The Kier molecular flexibility index (Phi) is 3.41. The number of hydrogen-bond donors (Lipinski definition) is 1. The first-order valence-electron chi connectivity index (χ1n) is 5.23. The summed E-state index contributed by atoms with van der Waals surface area (Å²) >= 11 is 0. The largest absolute Gasteiger partial charge is 0.463 e. The van der Waals surface area contributed by atoms with E-state index in [1.807, 2.05) is 0 Å². The van der Waals surface area contributed by atoms with Crippen LogP contribution in [0.1, 0.15) is 10.6 Å². The third kappa shape index (κ3) is 2.83. The summed E-state index contributed by atoms with van der Waals surface area (Å²) < 4.78 is 32.0. The lowest BCUT2D eigenvalue weighted by molar-refractivity contribution is 0.0566. The normalized spacial score (nSPS) is 11.3. The molecule has 7 heteroatoms. The van der Waals surface area contributed by atoms with Gasteiger partial charge in [0.1, 0.15) is 5.76 Å². The molecule has 0 spiro atoms. The Labute approximate surface area is 109 Å². The lowest BCUT2D eigenvalue weighted by Crippen LogP contribution is -2.11. The van der Waals surface area contributed by atoms with E-state index in [1.165, 1.54) is 25.3 Å². The maximum absolute atomic E-state index is 11.2. The molecule has 0 atom stereocenters. The van der Waals surface area contributed by atoms with Gasteiger partial charge in [0.05, 0.1) is 12.0 Å². The van der Waals surface area contributed by atoms with Gasteiger partial charge in [0.15, 0.2) is 0 Å². The zero-order valence-corrected chi connectivity index (χ0v) is 10.8. The van der Waals surface area contributed by atoms with Gasteiger partial charge in [-0.25, -0.2) is 18.4 Å². The average Bonchev–Trinajstić information content (AvgIpc) is 2.86. The summed E-state index contributed by atoms with van der Waals surface area (Å²) in [6.07, 6.45) is 0. The van der Waals surface area contributed by atoms with Crippen molar-refractivity contribution < 1.29 is 22.4 Å². The second-order valence-corrected chi connectivity index (χ2v) is 5.29. The molecule has 19 heavy (non-hydrogen) atoms. The van der Waals surface area contributed by atoms with Gasteiger partial charge in [0.2, 0.25) is 15.8 Å². The summed E-state index contributed by atoms with van der Waals surface area (Å²) in [5.74, 6) is -0.0678. The summed E-state index contributed by atoms with van der Waals surface area (Å²) in [6, 6.07) is 8.89. The number of carbonyl (C=O) groups is 1. The number of hydrogen-bond acceptors (Lipinski definition) is 5. The molecule has 6 nitrogen and oxygen atoms in total. The monoisotopic (exact) mass is 281 g/mol. The molecule has 0 unspecified atom stereocenters. The Bertz CT molecular complexity index is 700. The van der Waals surface area contributed by atoms with Gasteiger partial charge in [-0.3, -0.25) is 0 Å². The van der Waals surface area contributed by atoms with Crippen LogP contribution in [0.3, 0.4) is 0 Å². The van der Waals surface area contributed by atoms with Crippen LogP contribution in [0, 0.1) is 0 Å². The van der Waals surface area contributed by atoms with Gasteiger partial charge < -0.3 is 9.15 Å². The first kappa shape index (κ1) is 13.3. The van der Waals surface area contributed by atoms with Crippen molar-refractivity contribution in [2.45, 2.75) is 4.90 Å². The number of primary sulfonamides is 1. The van der Waals surface area contributed by atoms with Crippen molar-refractivity contribution in [2.75, 3.05) is 7.11 Å². The molecule has 0 aliphatic carbocycles. The zero-order chi connectivity index (χ0) is 14.0. The van der Waals surface area contributed by atoms with Crippen molar-refractivity contribution in [3.05, 3.63) is 42.2 Å². The lowest BCUT2D eigenvalue weighted by atomic mass is 10.2. The van der Waals surface area contributed by atoms with Crippen LogP contribution in [0.4, 0.5) is 0 Å². The number of rotatable bonds is 3. The highest BCUT2D eigenvalue weighted by molar-refractivity contribution is 7.89. The highest BCUT2D eigenvalue weighted by Crippen LogP contribution is 2.23. The van der Waals surface area contributed by atoms with Gasteiger partial charge in [0.25, 0.3) is 0 Å². The van der Waals surface area contributed by atoms with Crippen molar-refractivity contribution in [1.29, 1.82) is 0 Å². The number of benzene rings is 1. The molecule has 0 bridgehead atoms. The first-order valence-corrected chi connectivity index (χ1v) is 6.78. The van der Waals surface area contributed by atoms with E-state index < -0.39 is 16.0 Å². The molecule has 1 aromatic heterocycles. The molecule has 0 aliphatic heterocycles.